The van der Waals surface area contributed by atoms with Crippen LogP contribution in [0, 0.1) is 5.41 Å². The molecule has 0 radical (unpaired) electrons. The summed E-state index contributed by atoms with van der Waals surface area (Å²) in [5.74, 6) is 0.622. The maximum absolute atomic E-state index is 13.0. The average molecular weight is 366 g/mol. The molecule has 2 aromatic heterocycles. The third-order valence-electron chi connectivity index (χ3n) is 4.31. The molecule has 7 heteroatoms. The summed E-state index contributed by atoms with van der Waals surface area (Å²) in [5, 5.41) is 12.0. The minimum absolute atomic E-state index is 0.232. The second kappa shape index (κ2) is 6.76. The number of aromatic nitrogens is 1. The van der Waals surface area contributed by atoms with Crippen LogP contribution in [0.3, 0.4) is 0 Å². The van der Waals surface area contributed by atoms with Gasteiger partial charge in [0.05, 0.1) is 23.5 Å². The minimum Gasteiger partial charge on any atom is -0.493 e. The summed E-state index contributed by atoms with van der Waals surface area (Å²) < 4.78 is 5.51. The van der Waals surface area contributed by atoms with Crippen molar-refractivity contribution in [3.05, 3.63) is 47.0 Å². The first kappa shape index (κ1) is 16.5. The van der Waals surface area contributed by atoms with Gasteiger partial charge in [0.1, 0.15) is 10.6 Å². The molecule has 26 heavy (non-hydrogen) atoms. The van der Waals surface area contributed by atoms with E-state index in [-0.39, 0.29) is 5.91 Å². The van der Waals surface area contributed by atoms with Crippen LogP contribution in [0.15, 0.2) is 36.5 Å². The third kappa shape index (κ3) is 2.80. The normalized spacial score (nSPS) is 12.5. The molecule has 3 aromatic rings. The van der Waals surface area contributed by atoms with Crippen molar-refractivity contribution in [2.75, 3.05) is 23.4 Å². The van der Waals surface area contributed by atoms with Crippen molar-refractivity contribution in [2.24, 2.45) is 0 Å². The van der Waals surface area contributed by atoms with Crippen molar-refractivity contribution in [3.8, 4) is 5.75 Å². The monoisotopic (exact) mass is 366 g/mol. The van der Waals surface area contributed by atoms with Crippen molar-refractivity contribution >= 4 is 45.2 Å². The molecule has 0 unspecified atom stereocenters. The molecular weight excluding hydrogens is 348 g/mol. The van der Waals surface area contributed by atoms with Gasteiger partial charge in [-0.15, -0.1) is 11.3 Å². The predicted molar refractivity (Wildman–Crippen MR) is 105 cm³/mol. The number of hydrogen-bond donors (Lipinski definition) is 2. The number of nitrogens with zero attached hydrogens (tertiary/aromatic N) is 2. The zero-order valence-corrected chi connectivity index (χ0v) is 15.1. The van der Waals surface area contributed by atoms with Crippen LogP contribution < -0.4 is 15.0 Å². The summed E-state index contributed by atoms with van der Waals surface area (Å²) in [6.07, 6.45) is 3.62. The summed E-state index contributed by atoms with van der Waals surface area (Å²) in [5.41, 5.74) is 2.70. The number of nitrogens with one attached hydrogen (secondary N) is 2. The first-order valence-corrected chi connectivity index (χ1v) is 9.25. The van der Waals surface area contributed by atoms with E-state index in [4.69, 9.17) is 10.1 Å². The van der Waals surface area contributed by atoms with E-state index in [1.165, 1.54) is 16.2 Å². The second-order valence-electron chi connectivity index (χ2n) is 5.91. The maximum Gasteiger partial charge on any atom is 0.273 e. The lowest BCUT2D eigenvalue weighted by Gasteiger charge is -2.17. The van der Waals surface area contributed by atoms with Gasteiger partial charge in [-0.1, -0.05) is 0 Å². The van der Waals surface area contributed by atoms with Crippen LogP contribution in [0.5, 0.6) is 5.75 Å². The van der Waals surface area contributed by atoms with Crippen molar-refractivity contribution in [2.45, 2.75) is 13.3 Å². The number of thiophene rings is 1. The highest BCUT2D eigenvalue weighted by Gasteiger charge is 2.22. The number of anilines is 2. The van der Waals surface area contributed by atoms with Gasteiger partial charge in [-0.2, -0.15) is 0 Å². The molecule has 1 aliphatic heterocycles. The highest BCUT2D eigenvalue weighted by Crippen LogP contribution is 2.33. The molecule has 0 bridgehead atoms. The first-order valence-electron chi connectivity index (χ1n) is 8.43. The second-order valence-corrected chi connectivity index (χ2v) is 6.94. The Labute approximate surface area is 154 Å². The zero-order chi connectivity index (χ0) is 18.1. The van der Waals surface area contributed by atoms with Gasteiger partial charge in [0, 0.05) is 30.2 Å². The SMILES string of the molecule is CCNc1ccnc2sc(C(=O)N(C=N)c3ccc4c(c3)CCO4)cc12. The van der Waals surface area contributed by atoms with Crippen molar-refractivity contribution in [3.63, 3.8) is 0 Å². The lowest BCUT2D eigenvalue weighted by Crippen LogP contribution is -2.28. The molecule has 0 saturated heterocycles. The molecule has 0 aliphatic carbocycles. The van der Waals surface area contributed by atoms with E-state index in [2.05, 4.69) is 10.3 Å². The molecule has 1 aromatic carbocycles. The fourth-order valence-corrected chi connectivity index (χ4v) is 4.04. The fourth-order valence-electron chi connectivity index (χ4n) is 3.08. The Kier molecular flexibility index (Phi) is 4.30. The summed E-state index contributed by atoms with van der Waals surface area (Å²) in [7, 11) is 0. The van der Waals surface area contributed by atoms with E-state index in [9.17, 15) is 4.79 Å². The number of carbonyl (C=O) groups excluding carboxylic acids is 1. The van der Waals surface area contributed by atoms with Gasteiger partial charge < -0.3 is 10.1 Å². The Hall–Kier alpha value is -2.93. The smallest absolute Gasteiger partial charge is 0.273 e. The molecule has 0 spiro atoms. The van der Waals surface area contributed by atoms with Crippen LogP contribution in [-0.4, -0.2) is 30.4 Å². The van der Waals surface area contributed by atoms with Crippen LogP contribution in [0.4, 0.5) is 11.4 Å². The van der Waals surface area contributed by atoms with E-state index in [0.29, 0.717) is 17.2 Å². The van der Waals surface area contributed by atoms with Gasteiger partial charge in [-0.05, 0) is 42.8 Å². The molecular formula is C19H18N4O2S. The zero-order valence-electron chi connectivity index (χ0n) is 14.3. The van der Waals surface area contributed by atoms with Crippen molar-refractivity contribution in [1.29, 1.82) is 5.41 Å². The van der Waals surface area contributed by atoms with Crippen LogP contribution in [0.2, 0.25) is 0 Å². The van der Waals surface area contributed by atoms with Gasteiger partial charge in [-0.25, -0.2) is 4.98 Å². The standard InChI is InChI=1S/C19H18N4O2S/c1-2-21-15-5-7-22-18-14(15)10-17(26-18)19(24)23(11-20)13-3-4-16-12(9-13)6-8-25-16/h3-5,7,9-11,20H,2,6,8H2,1H3,(H,21,22). The number of carbonyl (C=O) groups is 1. The summed E-state index contributed by atoms with van der Waals surface area (Å²) in [6, 6.07) is 9.34. The van der Waals surface area contributed by atoms with Gasteiger partial charge in [0.15, 0.2) is 0 Å². The molecule has 1 aliphatic rings. The maximum atomic E-state index is 13.0. The molecule has 4 rings (SSSR count). The average Bonchev–Trinajstić information content (AvgIpc) is 3.29. The Morgan fingerprint density at radius 3 is 3.12 bits per heavy atom. The van der Waals surface area contributed by atoms with E-state index in [1.54, 1.807) is 6.20 Å². The Balaban J connectivity index is 1.70. The highest BCUT2D eigenvalue weighted by molar-refractivity contribution is 7.20. The van der Waals surface area contributed by atoms with Gasteiger partial charge in [0.2, 0.25) is 0 Å². The van der Waals surface area contributed by atoms with Crippen LogP contribution in [-0.2, 0) is 6.42 Å². The molecule has 3 heterocycles. The quantitative estimate of drug-likeness (QED) is 0.530. The van der Waals surface area contributed by atoms with Crippen LogP contribution in [0.25, 0.3) is 10.2 Å². The molecule has 1 amide bonds. The number of pyridine rings is 1. The summed E-state index contributed by atoms with van der Waals surface area (Å²) >= 11 is 1.34. The van der Waals surface area contributed by atoms with Crippen molar-refractivity contribution < 1.29 is 9.53 Å². The Bertz CT molecular complexity index is 998. The summed E-state index contributed by atoms with van der Waals surface area (Å²) in [6.45, 7) is 3.48. The van der Waals surface area contributed by atoms with Gasteiger partial charge in [0.25, 0.3) is 5.91 Å². The van der Waals surface area contributed by atoms with Gasteiger partial charge >= 0.3 is 0 Å². The molecule has 2 N–H and O–H groups in total. The van der Waals surface area contributed by atoms with E-state index < -0.39 is 0 Å². The molecule has 0 saturated carbocycles. The largest absolute Gasteiger partial charge is 0.493 e. The minimum atomic E-state index is -0.232. The van der Waals surface area contributed by atoms with Crippen molar-refractivity contribution in [1.82, 2.24) is 4.98 Å². The fraction of sp³-hybridized carbons (Fsp3) is 0.211. The molecule has 132 valence electrons. The molecule has 0 fully saturated rings. The topological polar surface area (TPSA) is 78.3 Å². The number of rotatable bonds is 5. The highest BCUT2D eigenvalue weighted by atomic mass is 32.1. The predicted octanol–water partition coefficient (Wildman–Crippen LogP) is 3.92. The molecule has 6 nitrogen and oxygen atoms in total. The number of hydrogen-bond acceptors (Lipinski definition) is 6. The van der Waals surface area contributed by atoms with Crippen LogP contribution >= 0.6 is 11.3 Å². The number of fused-ring (bicyclic) bond motifs is 2. The summed E-state index contributed by atoms with van der Waals surface area (Å²) in [4.78, 5) is 20.1. The van der Waals surface area contributed by atoms with Gasteiger partial charge in [-0.3, -0.25) is 15.1 Å². The Morgan fingerprint density at radius 1 is 1.42 bits per heavy atom. The lowest BCUT2D eigenvalue weighted by atomic mass is 10.1. The third-order valence-corrected chi connectivity index (χ3v) is 5.34. The first-order chi connectivity index (χ1) is 12.7. The number of ether oxygens (including phenoxy) is 1. The van der Waals surface area contributed by atoms with Crippen LogP contribution in [0.1, 0.15) is 22.2 Å². The Morgan fingerprint density at radius 2 is 2.31 bits per heavy atom. The lowest BCUT2D eigenvalue weighted by molar-refractivity contribution is 0.101. The number of benzene rings is 1. The number of amides is 1. The van der Waals surface area contributed by atoms with E-state index >= 15 is 0 Å². The van der Waals surface area contributed by atoms with E-state index in [0.717, 1.165) is 46.5 Å². The van der Waals surface area contributed by atoms with E-state index in [1.807, 2.05) is 37.3 Å². The molecule has 0 atom stereocenters.